The quantitative estimate of drug-likeness (QED) is 0.928. The molecule has 0 aliphatic carbocycles. The van der Waals surface area contributed by atoms with Gasteiger partial charge in [0, 0.05) is 24.9 Å². The molecule has 4 heteroatoms. The summed E-state index contributed by atoms with van der Waals surface area (Å²) in [5, 5.41) is 3.76. The molecule has 1 aromatic heterocycles. The van der Waals surface area contributed by atoms with E-state index in [1.54, 1.807) is 0 Å². The van der Waals surface area contributed by atoms with E-state index < -0.39 is 0 Å². The fourth-order valence-electron chi connectivity index (χ4n) is 3.33. The van der Waals surface area contributed by atoms with E-state index in [0.29, 0.717) is 12.1 Å². The van der Waals surface area contributed by atoms with Gasteiger partial charge in [-0.2, -0.15) is 11.8 Å². The van der Waals surface area contributed by atoms with Crippen molar-refractivity contribution in [3.8, 4) is 0 Å². The summed E-state index contributed by atoms with van der Waals surface area (Å²) in [6, 6.07) is 7.01. The van der Waals surface area contributed by atoms with Crippen molar-refractivity contribution in [1.82, 2.24) is 10.3 Å². The van der Waals surface area contributed by atoms with Gasteiger partial charge in [-0.15, -0.1) is 0 Å². The molecule has 0 saturated carbocycles. The molecule has 2 aliphatic heterocycles. The van der Waals surface area contributed by atoms with Crippen molar-refractivity contribution in [3.05, 3.63) is 30.1 Å². The maximum atomic E-state index is 6.15. The Morgan fingerprint density at radius 2 is 2.25 bits per heavy atom. The summed E-state index contributed by atoms with van der Waals surface area (Å²) in [4.78, 5) is 4.45. The Labute approximate surface area is 125 Å². The maximum absolute atomic E-state index is 6.15. The molecule has 3 rings (SSSR count). The molecule has 2 atom stereocenters. The van der Waals surface area contributed by atoms with E-state index in [1.165, 1.54) is 24.3 Å². The van der Waals surface area contributed by atoms with Gasteiger partial charge in [0.1, 0.15) is 0 Å². The van der Waals surface area contributed by atoms with Crippen LogP contribution in [0, 0.1) is 0 Å². The van der Waals surface area contributed by atoms with E-state index in [-0.39, 0.29) is 5.60 Å². The summed E-state index contributed by atoms with van der Waals surface area (Å²) >= 11 is 2.06. The molecule has 20 heavy (non-hydrogen) atoms. The van der Waals surface area contributed by atoms with Crippen LogP contribution in [0.5, 0.6) is 0 Å². The monoisotopic (exact) mass is 292 g/mol. The van der Waals surface area contributed by atoms with Gasteiger partial charge in [-0.3, -0.25) is 4.98 Å². The zero-order chi connectivity index (χ0) is 13.8. The van der Waals surface area contributed by atoms with Crippen LogP contribution in [0.15, 0.2) is 24.4 Å². The minimum Gasteiger partial charge on any atom is -0.375 e. The van der Waals surface area contributed by atoms with Gasteiger partial charge < -0.3 is 10.1 Å². The normalized spacial score (nSPS) is 27.4. The number of aromatic nitrogens is 1. The molecule has 2 aliphatic rings. The summed E-state index contributed by atoms with van der Waals surface area (Å²) in [6.07, 6.45) is 6.58. The molecule has 1 spiro atoms. The molecule has 2 unspecified atom stereocenters. The highest BCUT2D eigenvalue weighted by molar-refractivity contribution is 7.99. The van der Waals surface area contributed by atoms with Crippen LogP contribution in [0.3, 0.4) is 0 Å². The number of ether oxygens (including phenoxy) is 1. The summed E-state index contributed by atoms with van der Waals surface area (Å²) in [5.41, 5.74) is 1.29. The van der Waals surface area contributed by atoms with Crippen molar-refractivity contribution in [1.29, 1.82) is 0 Å². The van der Waals surface area contributed by atoms with E-state index in [1.807, 2.05) is 12.3 Å². The summed E-state index contributed by atoms with van der Waals surface area (Å²) in [7, 11) is 0. The first-order valence-corrected chi connectivity index (χ1v) is 8.82. The molecule has 0 radical (unpaired) electrons. The fraction of sp³-hybridized carbons (Fsp3) is 0.688. The lowest BCUT2D eigenvalue weighted by atomic mass is 9.85. The van der Waals surface area contributed by atoms with Crippen LogP contribution >= 0.6 is 11.8 Å². The van der Waals surface area contributed by atoms with Crippen molar-refractivity contribution in [2.45, 2.75) is 50.3 Å². The van der Waals surface area contributed by atoms with Gasteiger partial charge in [-0.1, -0.05) is 6.07 Å². The minimum absolute atomic E-state index is 0.158. The van der Waals surface area contributed by atoms with Gasteiger partial charge in [0.15, 0.2) is 0 Å². The Kier molecular flexibility index (Phi) is 4.64. The lowest BCUT2D eigenvalue weighted by Gasteiger charge is -2.44. The highest BCUT2D eigenvalue weighted by Gasteiger charge is 2.38. The Morgan fingerprint density at radius 3 is 3.00 bits per heavy atom. The molecule has 1 N–H and O–H groups in total. The van der Waals surface area contributed by atoms with Crippen LogP contribution in [-0.2, 0) is 4.74 Å². The molecular weight excluding hydrogens is 268 g/mol. The first-order valence-electron chi connectivity index (χ1n) is 7.66. The zero-order valence-corrected chi connectivity index (χ0v) is 13.0. The third-order valence-electron chi connectivity index (χ3n) is 4.51. The van der Waals surface area contributed by atoms with Crippen LogP contribution in [0.1, 0.15) is 44.3 Å². The predicted octanol–water partition coefficient (Wildman–Crippen LogP) is 3.18. The highest BCUT2D eigenvalue weighted by atomic mass is 32.2. The molecule has 3 nitrogen and oxygen atoms in total. The lowest BCUT2D eigenvalue weighted by molar-refractivity contribution is -0.0941. The largest absolute Gasteiger partial charge is 0.375 e. The first kappa shape index (κ1) is 14.4. The fourth-order valence-corrected chi connectivity index (χ4v) is 4.57. The zero-order valence-electron chi connectivity index (χ0n) is 12.2. The number of rotatable bonds is 3. The summed E-state index contributed by atoms with van der Waals surface area (Å²) < 4.78 is 6.15. The molecule has 1 aromatic rings. The number of pyridine rings is 1. The number of nitrogens with zero attached hydrogens (tertiary/aromatic N) is 1. The maximum Gasteiger partial charge on any atom is 0.0713 e. The van der Waals surface area contributed by atoms with Crippen molar-refractivity contribution in [2.24, 2.45) is 0 Å². The van der Waals surface area contributed by atoms with Gasteiger partial charge in [-0.05, 0) is 56.2 Å². The number of hydrogen-bond donors (Lipinski definition) is 1. The van der Waals surface area contributed by atoms with E-state index >= 15 is 0 Å². The predicted molar refractivity (Wildman–Crippen MR) is 84.1 cm³/mol. The standard InChI is InChI=1S/C16H24N2OS/c1-13(15-4-2-3-8-17-15)18-14-5-9-19-16(12-14)6-10-20-11-7-16/h2-4,8,13-14,18H,5-7,9-12H2,1H3. The van der Waals surface area contributed by atoms with Crippen LogP contribution < -0.4 is 5.32 Å². The van der Waals surface area contributed by atoms with Gasteiger partial charge in [0.05, 0.1) is 11.3 Å². The highest BCUT2D eigenvalue weighted by Crippen LogP contribution is 2.37. The summed E-state index contributed by atoms with van der Waals surface area (Å²) in [5.74, 6) is 2.50. The van der Waals surface area contributed by atoms with Crippen molar-refractivity contribution in [3.63, 3.8) is 0 Å². The molecule has 3 heterocycles. The topological polar surface area (TPSA) is 34.1 Å². The van der Waals surface area contributed by atoms with Gasteiger partial charge in [0.2, 0.25) is 0 Å². The third kappa shape index (κ3) is 3.35. The van der Waals surface area contributed by atoms with Gasteiger partial charge in [-0.25, -0.2) is 0 Å². The van der Waals surface area contributed by atoms with Gasteiger partial charge in [0.25, 0.3) is 0 Å². The molecule has 2 saturated heterocycles. The van der Waals surface area contributed by atoms with Crippen molar-refractivity contribution in [2.75, 3.05) is 18.1 Å². The SMILES string of the molecule is CC(NC1CCOC2(CCSCC2)C1)c1ccccn1. The number of thioether (sulfide) groups is 1. The van der Waals surface area contributed by atoms with Crippen LogP contribution in [-0.4, -0.2) is 34.7 Å². The minimum atomic E-state index is 0.158. The molecule has 0 aromatic carbocycles. The second-order valence-electron chi connectivity index (χ2n) is 5.98. The first-order chi connectivity index (χ1) is 9.77. The molecule has 110 valence electrons. The number of nitrogens with one attached hydrogen (secondary N) is 1. The average Bonchev–Trinajstić information content (AvgIpc) is 2.49. The van der Waals surface area contributed by atoms with Crippen LogP contribution in [0.25, 0.3) is 0 Å². The Hall–Kier alpha value is -0.580. The molecular formula is C16H24N2OS. The second kappa shape index (κ2) is 6.46. The average molecular weight is 292 g/mol. The number of hydrogen-bond acceptors (Lipinski definition) is 4. The molecule has 2 fully saturated rings. The van der Waals surface area contributed by atoms with Crippen LogP contribution in [0.4, 0.5) is 0 Å². The lowest BCUT2D eigenvalue weighted by Crippen LogP contribution is -2.49. The van der Waals surface area contributed by atoms with Gasteiger partial charge >= 0.3 is 0 Å². The van der Waals surface area contributed by atoms with Crippen LogP contribution in [0.2, 0.25) is 0 Å². The van der Waals surface area contributed by atoms with Crippen molar-refractivity contribution < 1.29 is 4.74 Å². The Bertz CT molecular complexity index is 414. The smallest absolute Gasteiger partial charge is 0.0713 e. The molecule has 0 bridgehead atoms. The second-order valence-corrected chi connectivity index (χ2v) is 7.20. The van der Waals surface area contributed by atoms with E-state index in [0.717, 1.165) is 25.1 Å². The Morgan fingerprint density at radius 1 is 1.40 bits per heavy atom. The molecule has 0 amide bonds. The van der Waals surface area contributed by atoms with E-state index in [2.05, 4.69) is 41.1 Å². The third-order valence-corrected chi connectivity index (χ3v) is 5.50. The summed E-state index contributed by atoms with van der Waals surface area (Å²) in [6.45, 7) is 3.11. The van der Waals surface area contributed by atoms with E-state index in [9.17, 15) is 0 Å². The van der Waals surface area contributed by atoms with E-state index in [4.69, 9.17) is 4.74 Å². The Balaban J connectivity index is 1.60. The van der Waals surface area contributed by atoms with Crippen molar-refractivity contribution >= 4 is 11.8 Å².